The first kappa shape index (κ1) is 20.8. The minimum atomic E-state index is -1.03. The van der Waals surface area contributed by atoms with E-state index in [2.05, 4.69) is 0 Å². The molecular weight excluding hydrogens is 376 g/mol. The van der Waals surface area contributed by atoms with Gasteiger partial charge in [0.15, 0.2) is 11.5 Å². The van der Waals surface area contributed by atoms with Crippen molar-refractivity contribution in [3.8, 4) is 5.75 Å². The van der Waals surface area contributed by atoms with Crippen LogP contribution < -0.4 is 4.74 Å². The van der Waals surface area contributed by atoms with Gasteiger partial charge in [-0.2, -0.15) is 0 Å². The molecule has 2 aliphatic rings. The predicted octanol–water partition coefficient (Wildman–Crippen LogP) is -1.45. The van der Waals surface area contributed by atoms with Gasteiger partial charge in [0.05, 0.1) is 20.3 Å². The van der Waals surface area contributed by atoms with Gasteiger partial charge in [-0.3, -0.25) is 0 Å². The van der Waals surface area contributed by atoms with Crippen molar-refractivity contribution >= 4 is 10.9 Å². The number of hydrogen-bond donors (Lipinski definition) is 5. The van der Waals surface area contributed by atoms with E-state index in [-0.39, 0.29) is 19.0 Å². The Hall–Kier alpha value is -0.910. The Morgan fingerprint density at radius 1 is 1.22 bits per heavy atom. The minimum absolute atomic E-state index is 0.00705. The summed E-state index contributed by atoms with van der Waals surface area (Å²) in [6.07, 6.45) is -5.65. The largest absolute Gasteiger partial charge is 0.496 e. The number of aliphatic hydroxyl groups is 5. The molecule has 8 nitrogen and oxygen atoms in total. The van der Waals surface area contributed by atoms with Crippen LogP contribution in [-0.2, 0) is 20.4 Å². The summed E-state index contributed by atoms with van der Waals surface area (Å²) in [5, 5.41) is 49.7. The van der Waals surface area contributed by atoms with E-state index in [0.29, 0.717) is 17.1 Å². The zero-order valence-electron chi connectivity index (χ0n) is 15.0. The Morgan fingerprint density at radius 2 is 1.96 bits per heavy atom. The van der Waals surface area contributed by atoms with Gasteiger partial charge in [-0.1, -0.05) is 18.2 Å². The molecule has 2 saturated heterocycles. The van der Waals surface area contributed by atoms with Crippen LogP contribution in [0.15, 0.2) is 24.3 Å². The fourth-order valence-corrected chi connectivity index (χ4v) is 6.21. The van der Waals surface area contributed by atoms with Crippen molar-refractivity contribution in [2.45, 2.75) is 42.1 Å². The smallest absolute Gasteiger partial charge is 0.188 e. The molecule has 8 atom stereocenters. The van der Waals surface area contributed by atoms with E-state index < -0.39 is 53.0 Å². The summed E-state index contributed by atoms with van der Waals surface area (Å²) in [7, 11) is 0.947. The average Bonchev–Trinajstić information content (AvgIpc) is 2.94. The molecule has 2 unspecified atom stereocenters. The maximum Gasteiger partial charge on any atom is 0.188 e. The van der Waals surface area contributed by atoms with Crippen molar-refractivity contribution in [1.82, 2.24) is 0 Å². The Morgan fingerprint density at radius 3 is 2.67 bits per heavy atom. The molecule has 5 N–H and O–H groups in total. The van der Waals surface area contributed by atoms with Crippen LogP contribution in [0.25, 0.3) is 0 Å². The maximum absolute atomic E-state index is 10.7. The maximum atomic E-state index is 10.7. The van der Waals surface area contributed by atoms with Crippen LogP contribution in [0.2, 0.25) is 0 Å². The van der Waals surface area contributed by atoms with E-state index in [1.165, 1.54) is 7.11 Å². The first-order valence-electron chi connectivity index (χ1n) is 8.85. The highest BCUT2D eigenvalue weighted by atomic mass is 32.2. The van der Waals surface area contributed by atoms with Gasteiger partial charge in [-0.05, 0) is 6.07 Å². The topological polar surface area (TPSA) is 129 Å². The zero-order valence-corrected chi connectivity index (χ0v) is 15.9. The molecule has 0 radical (unpaired) electrons. The molecular formula is C18H27O8S+. The van der Waals surface area contributed by atoms with Gasteiger partial charge in [0.1, 0.15) is 47.8 Å². The predicted molar refractivity (Wildman–Crippen MR) is 98.6 cm³/mol. The highest BCUT2D eigenvalue weighted by Gasteiger charge is 2.51. The third kappa shape index (κ3) is 4.41. The molecule has 1 aromatic rings. The third-order valence-corrected chi connectivity index (χ3v) is 7.83. The van der Waals surface area contributed by atoms with Crippen LogP contribution in [0.3, 0.4) is 0 Å². The number of methoxy groups -OCH3 is 1. The summed E-state index contributed by atoms with van der Waals surface area (Å²) in [6.45, 7) is -0.276. The van der Waals surface area contributed by atoms with Crippen LogP contribution in [0.1, 0.15) is 11.9 Å². The van der Waals surface area contributed by atoms with Crippen molar-refractivity contribution in [3.63, 3.8) is 0 Å². The molecule has 0 spiro atoms. The molecule has 0 amide bonds. The third-order valence-electron chi connectivity index (χ3n) is 5.00. The normalized spacial score (nSPS) is 37.9. The van der Waals surface area contributed by atoms with Crippen LogP contribution in [0.4, 0.5) is 0 Å². The average molecular weight is 403 g/mol. The molecule has 0 bridgehead atoms. The summed E-state index contributed by atoms with van der Waals surface area (Å²) in [4.78, 5) is 0. The quantitative estimate of drug-likeness (QED) is 0.365. The second-order valence-electron chi connectivity index (χ2n) is 6.79. The van der Waals surface area contributed by atoms with Gasteiger partial charge in [-0.15, -0.1) is 0 Å². The molecule has 2 heterocycles. The number of benzene rings is 1. The molecule has 2 aliphatic heterocycles. The zero-order chi connectivity index (χ0) is 19.6. The van der Waals surface area contributed by atoms with E-state index in [0.717, 1.165) is 0 Å². The second kappa shape index (κ2) is 9.06. The monoisotopic (exact) mass is 403 g/mol. The van der Waals surface area contributed by atoms with Gasteiger partial charge in [0.2, 0.25) is 0 Å². The van der Waals surface area contributed by atoms with Crippen molar-refractivity contribution in [3.05, 3.63) is 29.8 Å². The van der Waals surface area contributed by atoms with E-state index in [9.17, 15) is 25.5 Å². The Bertz CT molecular complexity index is 617. The van der Waals surface area contributed by atoms with Gasteiger partial charge in [0.25, 0.3) is 0 Å². The molecule has 152 valence electrons. The highest BCUT2D eigenvalue weighted by molar-refractivity contribution is 7.97. The van der Waals surface area contributed by atoms with E-state index in [1.54, 1.807) is 12.1 Å². The van der Waals surface area contributed by atoms with Crippen LogP contribution in [-0.4, -0.2) is 93.1 Å². The second-order valence-corrected chi connectivity index (χ2v) is 9.14. The standard InChI is InChI=1S/C18H27O8S/c1-24-14-5-3-2-4-10(14)18-25-7-11(20)17(26-18)13(22)9-27-8-12(21)16(23)15(27)6-19/h2-5,11-13,15-23H,6-9H2,1H3/q+1/t11-,12-,13-,15-,16+,17+,18?,27?/m1/s1. The van der Waals surface area contributed by atoms with Gasteiger partial charge < -0.3 is 39.7 Å². The van der Waals surface area contributed by atoms with Gasteiger partial charge in [-0.25, -0.2) is 0 Å². The first-order chi connectivity index (χ1) is 13.0. The minimum Gasteiger partial charge on any atom is -0.496 e. The SMILES string of the molecule is COc1ccccc1C1OC[C@@H](O)[C@@H]([C@H](O)C[S+]2C[C@@H](O)[C@H](O)[C@H]2CO)O1. The van der Waals surface area contributed by atoms with E-state index >= 15 is 0 Å². The van der Waals surface area contributed by atoms with Crippen molar-refractivity contribution in [1.29, 1.82) is 0 Å². The van der Waals surface area contributed by atoms with Crippen LogP contribution >= 0.6 is 0 Å². The van der Waals surface area contributed by atoms with E-state index in [1.807, 2.05) is 12.1 Å². The summed E-state index contributed by atoms with van der Waals surface area (Å²) >= 11 is 0. The molecule has 27 heavy (non-hydrogen) atoms. The molecule has 0 aliphatic carbocycles. The van der Waals surface area contributed by atoms with Crippen molar-refractivity contribution < 1.29 is 39.7 Å². The number of aliphatic hydroxyl groups excluding tert-OH is 5. The molecule has 2 fully saturated rings. The number of ether oxygens (including phenoxy) is 3. The lowest BCUT2D eigenvalue weighted by Gasteiger charge is -2.36. The number of rotatable bonds is 6. The molecule has 1 aromatic carbocycles. The first-order valence-corrected chi connectivity index (χ1v) is 10.5. The summed E-state index contributed by atoms with van der Waals surface area (Å²) < 4.78 is 16.7. The Kier molecular flexibility index (Phi) is 6.98. The fourth-order valence-electron chi connectivity index (χ4n) is 3.53. The van der Waals surface area contributed by atoms with Crippen molar-refractivity contribution in [2.24, 2.45) is 0 Å². The molecule has 0 aromatic heterocycles. The number of hydrogen-bond acceptors (Lipinski definition) is 8. The Balaban J connectivity index is 1.69. The van der Waals surface area contributed by atoms with Gasteiger partial charge in [0, 0.05) is 16.5 Å². The lowest BCUT2D eigenvalue weighted by Crippen LogP contribution is -2.50. The Labute approximate surface area is 160 Å². The summed E-state index contributed by atoms with van der Waals surface area (Å²) in [6, 6.07) is 7.19. The van der Waals surface area contributed by atoms with Crippen LogP contribution in [0.5, 0.6) is 5.75 Å². The highest BCUT2D eigenvalue weighted by Crippen LogP contribution is 2.34. The van der Waals surface area contributed by atoms with Crippen LogP contribution in [0, 0.1) is 0 Å². The number of para-hydroxylation sites is 1. The molecule has 0 saturated carbocycles. The summed E-state index contributed by atoms with van der Waals surface area (Å²) in [5.41, 5.74) is 0.659. The van der Waals surface area contributed by atoms with Crippen molar-refractivity contribution in [2.75, 3.05) is 31.8 Å². The molecule has 9 heteroatoms. The fraction of sp³-hybridized carbons (Fsp3) is 0.667. The van der Waals surface area contributed by atoms with Gasteiger partial charge >= 0.3 is 0 Å². The lowest BCUT2D eigenvalue weighted by atomic mass is 10.1. The lowest BCUT2D eigenvalue weighted by molar-refractivity contribution is -0.273. The molecule has 3 rings (SSSR count). The summed E-state index contributed by atoms with van der Waals surface area (Å²) in [5.74, 6) is 1.09. The van der Waals surface area contributed by atoms with E-state index in [4.69, 9.17) is 14.2 Å².